The molecule has 5 heteroatoms. The summed E-state index contributed by atoms with van der Waals surface area (Å²) in [7, 11) is 0. The molecule has 1 aliphatic rings. The monoisotopic (exact) mass is 303 g/mol. The third kappa shape index (κ3) is 3.40. The fourth-order valence-corrected chi connectivity index (χ4v) is 3.16. The van der Waals surface area contributed by atoms with Crippen LogP contribution in [0.5, 0.6) is 0 Å². The largest absolute Gasteiger partial charge is 0.352 e. The number of hydrogen-bond acceptors (Lipinski definition) is 1. The third-order valence-electron chi connectivity index (χ3n) is 3.74. The maximum Gasteiger partial charge on any atom is 0.254 e. The molecule has 1 aromatic carbocycles. The lowest BCUT2D eigenvalue weighted by atomic mass is 9.98. The summed E-state index contributed by atoms with van der Waals surface area (Å²) in [5, 5.41) is 2.74. The van der Waals surface area contributed by atoms with E-state index in [9.17, 15) is 9.18 Å². The molecule has 1 saturated carbocycles. The molecule has 0 aliphatic heterocycles. The number of benzene rings is 1. The van der Waals surface area contributed by atoms with Crippen molar-refractivity contribution in [1.29, 1.82) is 0 Å². The SMILES string of the molecule is O=C(NCC1CCCC1CCl)c1cccc(Cl)c1F. The Bertz CT molecular complexity index is 467. The van der Waals surface area contributed by atoms with Crippen LogP contribution < -0.4 is 5.32 Å². The average molecular weight is 304 g/mol. The first-order valence-electron chi connectivity index (χ1n) is 6.41. The van der Waals surface area contributed by atoms with E-state index in [0.717, 1.165) is 19.3 Å². The van der Waals surface area contributed by atoms with Gasteiger partial charge in [0.2, 0.25) is 0 Å². The van der Waals surface area contributed by atoms with E-state index in [1.165, 1.54) is 12.1 Å². The van der Waals surface area contributed by atoms with Gasteiger partial charge >= 0.3 is 0 Å². The first-order chi connectivity index (χ1) is 9.13. The summed E-state index contributed by atoms with van der Waals surface area (Å²) in [6.45, 7) is 0.544. The van der Waals surface area contributed by atoms with Gasteiger partial charge in [-0.15, -0.1) is 11.6 Å². The number of halogens is 3. The molecule has 0 saturated heterocycles. The molecule has 2 unspecified atom stereocenters. The van der Waals surface area contributed by atoms with Crippen LogP contribution >= 0.6 is 23.2 Å². The Labute approximate surface area is 122 Å². The van der Waals surface area contributed by atoms with Crippen LogP contribution in [0.15, 0.2) is 18.2 Å². The minimum atomic E-state index is -0.665. The van der Waals surface area contributed by atoms with E-state index >= 15 is 0 Å². The highest BCUT2D eigenvalue weighted by atomic mass is 35.5. The van der Waals surface area contributed by atoms with E-state index in [-0.39, 0.29) is 10.6 Å². The van der Waals surface area contributed by atoms with Crippen LogP contribution in [0.4, 0.5) is 4.39 Å². The molecule has 0 spiro atoms. The van der Waals surface area contributed by atoms with Crippen molar-refractivity contribution in [2.75, 3.05) is 12.4 Å². The molecule has 19 heavy (non-hydrogen) atoms. The van der Waals surface area contributed by atoms with Crippen molar-refractivity contribution in [2.45, 2.75) is 19.3 Å². The van der Waals surface area contributed by atoms with Crippen molar-refractivity contribution in [3.63, 3.8) is 0 Å². The highest BCUT2D eigenvalue weighted by molar-refractivity contribution is 6.31. The van der Waals surface area contributed by atoms with E-state index in [2.05, 4.69) is 5.32 Å². The molecule has 1 aromatic rings. The minimum Gasteiger partial charge on any atom is -0.352 e. The van der Waals surface area contributed by atoms with Crippen molar-refractivity contribution < 1.29 is 9.18 Å². The molecule has 1 N–H and O–H groups in total. The zero-order chi connectivity index (χ0) is 13.8. The van der Waals surface area contributed by atoms with Crippen LogP contribution in [-0.4, -0.2) is 18.3 Å². The van der Waals surface area contributed by atoms with E-state index in [1.807, 2.05) is 0 Å². The smallest absolute Gasteiger partial charge is 0.254 e. The summed E-state index contributed by atoms with van der Waals surface area (Å²) in [6, 6.07) is 4.43. The summed E-state index contributed by atoms with van der Waals surface area (Å²) < 4.78 is 13.7. The summed E-state index contributed by atoms with van der Waals surface area (Å²) in [5.41, 5.74) is -0.00656. The second-order valence-corrected chi connectivity index (χ2v) is 5.63. The zero-order valence-electron chi connectivity index (χ0n) is 10.5. The highest BCUT2D eigenvalue weighted by Gasteiger charge is 2.27. The molecule has 0 heterocycles. The second kappa shape index (κ2) is 6.58. The summed E-state index contributed by atoms with van der Waals surface area (Å²) >= 11 is 11.5. The van der Waals surface area contributed by atoms with Crippen molar-refractivity contribution >= 4 is 29.1 Å². The maximum atomic E-state index is 13.7. The van der Waals surface area contributed by atoms with E-state index in [4.69, 9.17) is 23.2 Å². The molecular formula is C14H16Cl2FNO. The van der Waals surface area contributed by atoms with E-state index in [1.54, 1.807) is 6.07 Å². The Hall–Kier alpha value is -0.800. The number of carbonyl (C=O) groups is 1. The second-order valence-electron chi connectivity index (χ2n) is 4.92. The van der Waals surface area contributed by atoms with Crippen LogP contribution in [0.25, 0.3) is 0 Å². The molecule has 1 amide bonds. The van der Waals surface area contributed by atoms with Crippen molar-refractivity contribution in [3.8, 4) is 0 Å². The Balaban J connectivity index is 1.96. The molecule has 0 bridgehead atoms. The van der Waals surface area contributed by atoms with Crippen LogP contribution in [0.1, 0.15) is 29.6 Å². The Morgan fingerprint density at radius 1 is 1.37 bits per heavy atom. The molecule has 0 aromatic heterocycles. The van der Waals surface area contributed by atoms with Crippen molar-refractivity contribution in [1.82, 2.24) is 5.32 Å². The normalized spacial score (nSPS) is 22.5. The Kier molecular flexibility index (Phi) is 5.06. The molecular weight excluding hydrogens is 288 g/mol. The highest BCUT2D eigenvalue weighted by Crippen LogP contribution is 2.32. The van der Waals surface area contributed by atoms with Gasteiger partial charge in [0.1, 0.15) is 0 Å². The summed E-state index contributed by atoms with van der Waals surface area (Å²) in [6.07, 6.45) is 3.31. The number of nitrogens with one attached hydrogen (secondary N) is 1. The topological polar surface area (TPSA) is 29.1 Å². The first-order valence-corrected chi connectivity index (χ1v) is 7.33. The maximum absolute atomic E-state index is 13.7. The van der Waals surface area contributed by atoms with Crippen LogP contribution in [0.2, 0.25) is 5.02 Å². The van der Waals surface area contributed by atoms with Gasteiger partial charge in [-0.25, -0.2) is 4.39 Å². The standard InChI is InChI=1S/C14H16Cl2FNO/c15-7-9-3-1-4-10(9)8-18-14(19)11-5-2-6-12(16)13(11)17/h2,5-6,9-10H,1,3-4,7-8H2,(H,18,19). The average Bonchev–Trinajstić information content (AvgIpc) is 2.86. The van der Waals surface area contributed by atoms with Crippen LogP contribution in [-0.2, 0) is 0 Å². The summed E-state index contributed by atoms with van der Waals surface area (Å²) in [5.74, 6) is 0.378. The molecule has 1 fully saturated rings. The molecule has 2 nitrogen and oxygen atoms in total. The van der Waals surface area contributed by atoms with Gasteiger partial charge in [0, 0.05) is 12.4 Å². The molecule has 0 radical (unpaired) electrons. The lowest BCUT2D eigenvalue weighted by Crippen LogP contribution is -2.31. The van der Waals surface area contributed by atoms with Crippen molar-refractivity contribution in [2.24, 2.45) is 11.8 Å². The number of amides is 1. The van der Waals surface area contributed by atoms with Crippen LogP contribution in [0, 0.1) is 17.7 Å². The quantitative estimate of drug-likeness (QED) is 0.841. The zero-order valence-corrected chi connectivity index (χ0v) is 12.0. The van der Waals surface area contributed by atoms with Gasteiger partial charge in [-0.05, 0) is 36.8 Å². The van der Waals surface area contributed by atoms with Gasteiger partial charge < -0.3 is 5.32 Å². The van der Waals surface area contributed by atoms with Gasteiger partial charge in [-0.2, -0.15) is 0 Å². The number of rotatable bonds is 4. The predicted octanol–water partition coefficient (Wildman–Crippen LogP) is 3.86. The number of hydrogen-bond donors (Lipinski definition) is 1. The molecule has 104 valence electrons. The first kappa shape index (κ1) is 14.6. The third-order valence-corrected chi connectivity index (χ3v) is 4.42. The van der Waals surface area contributed by atoms with Gasteiger partial charge in [0.05, 0.1) is 10.6 Å². The fraction of sp³-hybridized carbons (Fsp3) is 0.500. The molecule has 2 atom stereocenters. The minimum absolute atomic E-state index is 0.00656. The Morgan fingerprint density at radius 2 is 2.11 bits per heavy atom. The van der Waals surface area contributed by atoms with Crippen molar-refractivity contribution in [3.05, 3.63) is 34.6 Å². The van der Waals surface area contributed by atoms with Gasteiger partial charge in [0.25, 0.3) is 5.91 Å². The lowest BCUT2D eigenvalue weighted by molar-refractivity contribution is 0.0940. The van der Waals surface area contributed by atoms with Gasteiger partial charge in [-0.1, -0.05) is 24.1 Å². The molecule has 2 rings (SSSR count). The van der Waals surface area contributed by atoms with Gasteiger partial charge in [0.15, 0.2) is 5.82 Å². The number of alkyl halides is 1. The molecule has 1 aliphatic carbocycles. The Morgan fingerprint density at radius 3 is 2.84 bits per heavy atom. The van der Waals surface area contributed by atoms with E-state index < -0.39 is 11.7 Å². The fourth-order valence-electron chi connectivity index (χ4n) is 2.58. The van der Waals surface area contributed by atoms with Crippen LogP contribution in [0.3, 0.4) is 0 Å². The van der Waals surface area contributed by atoms with Gasteiger partial charge in [-0.3, -0.25) is 4.79 Å². The summed E-state index contributed by atoms with van der Waals surface area (Å²) in [4.78, 5) is 11.9. The number of carbonyl (C=O) groups excluding carboxylic acids is 1. The predicted molar refractivity (Wildman–Crippen MR) is 75.3 cm³/mol. The lowest BCUT2D eigenvalue weighted by Gasteiger charge is -2.17. The van der Waals surface area contributed by atoms with E-state index in [0.29, 0.717) is 24.3 Å².